The maximum atomic E-state index is 13.1. The van der Waals surface area contributed by atoms with E-state index in [9.17, 15) is 14.4 Å². The third-order valence-electron chi connectivity index (χ3n) is 5.18. The average molecular weight is 433 g/mol. The summed E-state index contributed by atoms with van der Waals surface area (Å²) in [5.41, 5.74) is 3.41. The van der Waals surface area contributed by atoms with Crippen molar-refractivity contribution in [3.63, 3.8) is 0 Å². The van der Waals surface area contributed by atoms with Crippen molar-refractivity contribution in [2.75, 3.05) is 10.6 Å². The van der Waals surface area contributed by atoms with Gasteiger partial charge >= 0.3 is 0 Å². The quantitative estimate of drug-likeness (QED) is 0.607. The van der Waals surface area contributed by atoms with Gasteiger partial charge in [-0.1, -0.05) is 56.3 Å². The van der Waals surface area contributed by atoms with E-state index in [0.29, 0.717) is 11.4 Å². The average Bonchev–Trinajstić information content (AvgIpc) is 2.77. The highest BCUT2D eigenvalue weighted by Gasteiger charge is 2.22. The molecule has 3 aromatic rings. The highest BCUT2D eigenvalue weighted by atomic mass is 16.2. The van der Waals surface area contributed by atoms with Crippen molar-refractivity contribution in [3.8, 4) is 11.3 Å². The molecule has 1 heterocycles. The minimum absolute atomic E-state index is 0.0870. The molecule has 0 unspecified atom stereocenters. The molecule has 0 saturated carbocycles. The summed E-state index contributed by atoms with van der Waals surface area (Å²) in [7, 11) is 0. The fourth-order valence-corrected chi connectivity index (χ4v) is 3.11. The van der Waals surface area contributed by atoms with Gasteiger partial charge in [0.25, 0.3) is 5.56 Å². The SMILES string of the molecule is Cc1ccc(C)c(NC(=O)[C@@H](C)n2nc(-c3ccccc3)cc(NC(=O)C(C)C)c2=O)c1. The van der Waals surface area contributed by atoms with Gasteiger partial charge in [-0.15, -0.1) is 0 Å². The van der Waals surface area contributed by atoms with E-state index in [-0.39, 0.29) is 23.4 Å². The van der Waals surface area contributed by atoms with E-state index in [1.165, 1.54) is 0 Å². The molecule has 7 heteroatoms. The van der Waals surface area contributed by atoms with Crippen LogP contribution in [0.4, 0.5) is 11.4 Å². The Morgan fingerprint density at radius 2 is 1.53 bits per heavy atom. The zero-order chi connectivity index (χ0) is 23.4. The number of carbonyl (C=O) groups is 2. The van der Waals surface area contributed by atoms with Gasteiger partial charge in [0.2, 0.25) is 11.8 Å². The Hall–Kier alpha value is -3.74. The third kappa shape index (κ3) is 5.11. The zero-order valence-corrected chi connectivity index (χ0v) is 19.0. The summed E-state index contributed by atoms with van der Waals surface area (Å²) in [6.45, 7) is 8.94. The molecular formula is C25H28N4O3. The van der Waals surface area contributed by atoms with Crippen molar-refractivity contribution in [2.45, 2.75) is 40.7 Å². The van der Waals surface area contributed by atoms with E-state index in [0.717, 1.165) is 21.4 Å². The highest BCUT2D eigenvalue weighted by Crippen LogP contribution is 2.21. The third-order valence-corrected chi connectivity index (χ3v) is 5.18. The second-order valence-corrected chi connectivity index (χ2v) is 8.19. The van der Waals surface area contributed by atoms with Crippen molar-refractivity contribution in [1.29, 1.82) is 0 Å². The van der Waals surface area contributed by atoms with Gasteiger partial charge < -0.3 is 10.6 Å². The lowest BCUT2D eigenvalue weighted by molar-refractivity contribution is -0.119. The largest absolute Gasteiger partial charge is 0.324 e. The number of hydrogen-bond acceptors (Lipinski definition) is 4. The molecule has 0 saturated heterocycles. The number of rotatable bonds is 6. The summed E-state index contributed by atoms with van der Waals surface area (Å²) < 4.78 is 1.12. The number of aromatic nitrogens is 2. The van der Waals surface area contributed by atoms with Gasteiger partial charge in [0, 0.05) is 17.2 Å². The molecule has 0 bridgehead atoms. The molecule has 1 atom stereocenters. The molecular weight excluding hydrogens is 404 g/mol. The number of nitrogens with one attached hydrogen (secondary N) is 2. The van der Waals surface area contributed by atoms with E-state index in [2.05, 4.69) is 15.7 Å². The second-order valence-electron chi connectivity index (χ2n) is 8.19. The number of amides is 2. The molecule has 1 aromatic heterocycles. The monoisotopic (exact) mass is 432 g/mol. The fourth-order valence-electron chi connectivity index (χ4n) is 3.11. The normalized spacial score (nSPS) is 11.8. The lowest BCUT2D eigenvalue weighted by Gasteiger charge is -2.18. The zero-order valence-electron chi connectivity index (χ0n) is 19.0. The number of hydrogen-bond donors (Lipinski definition) is 2. The summed E-state index contributed by atoms with van der Waals surface area (Å²) in [6.07, 6.45) is 0. The Balaban J connectivity index is 2.03. The summed E-state index contributed by atoms with van der Waals surface area (Å²) in [5.74, 6) is -0.966. The van der Waals surface area contributed by atoms with E-state index in [1.54, 1.807) is 26.8 Å². The number of aryl methyl sites for hydroxylation is 2. The van der Waals surface area contributed by atoms with Crippen molar-refractivity contribution < 1.29 is 9.59 Å². The molecule has 2 aromatic carbocycles. The molecule has 32 heavy (non-hydrogen) atoms. The Kier molecular flexibility index (Phi) is 6.88. The van der Waals surface area contributed by atoms with E-state index < -0.39 is 11.6 Å². The lowest BCUT2D eigenvalue weighted by atomic mass is 10.1. The smallest absolute Gasteiger partial charge is 0.291 e. The van der Waals surface area contributed by atoms with Gasteiger partial charge in [0.1, 0.15) is 11.7 Å². The van der Waals surface area contributed by atoms with Gasteiger partial charge in [0.05, 0.1) is 5.69 Å². The first kappa shape index (κ1) is 22.9. The van der Waals surface area contributed by atoms with E-state index in [1.807, 2.05) is 62.4 Å². The van der Waals surface area contributed by atoms with Crippen LogP contribution in [-0.2, 0) is 9.59 Å². The Morgan fingerprint density at radius 3 is 2.19 bits per heavy atom. The topological polar surface area (TPSA) is 93.1 Å². The maximum Gasteiger partial charge on any atom is 0.291 e. The molecule has 0 aliphatic rings. The van der Waals surface area contributed by atoms with E-state index in [4.69, 9.17) is 0 Å². The predicted octanol–water partition coefficient (Wildman–Crippen LogP) is 4.32. The van der Waals surface area contributed by atoms with Crippen LogP contribution in [0.15, 0.2) is 59.4 Å². The summed E-state index contributed by atoms with van der Waals surface area (Å²) in [5, 5.41) is 10.0. The number of nitrogens with zero attached hydrogens (tertiary/aromatic N) is 2. The van der Waals surface area contributed by atoms with Crippen LogP contribution < -0.4 is 16.2 Å². The van der Waals surface area contributed by atoms with E-state index >= 15 is 0 Å². The predicted molar refractivity (Wildman–Crippen MR) is 127 cm³/mol. The van der Waals surface area contributed by atoms with Crippen molar-refractivity contribution in [2.24, 2.45) is 5.92 Å². The molecule has 2 N–H and O–H groups in total. The molecule has 3 rings (SSSR count). The first-order valence-corrected chi connectivity index (χ1v) is 10.6. The Morgan fingerprint density at radius 1 is 0.875 bits per heavy atom. The summed E-state index contributed by atoms with van der Waals surface area (Å²) in [6, 6.07) is 15.7. The minimum atomic E-state index is -0.902. The highest BCUT2D eigenvalue weighted by molar-refractivity contribution is 5.95. The van der Waals surface area contributed by atoms with Gasteiger partial charge in [0.15, 0.2) is 0 Å². The van der Waals surface area contributed by atoms with Crippen molar-refractivity contribution in [3.05, 3.63) is 76.1 Å². The maximum absolute atomic E-state index is 13.1. The van der Waals surface area contributed by atoms with Gasteiger partial charge in [-0.2, -0.15) is 5.10 Å². The lowest BCUT2D eigenvalue weighted by Crippen LogP contribution is -2.36. The summed E-state index contributed by atoms with van der Waals surface area (Å²) in [4.78, 5) is 38.4. The Bertz CT molecular complexity index is 1200. The van der Waals surface area contributed by atoms with Crippen molar-refractivity contribution >= 4 is 23.2 Å². The van der Waals surface area contributed by atoms with Crippen LogP contribution in [0.2, 0.25) is 0 Å². The number of anilines is 2. The van der Waals surface area contributed by atoms with Crippen LogP contribution in [0.5, 0.6) is 0 Å². The van der Waals surface area contributed by atoms with Crippen LogP contribution in [0.1, 0.15) is 37.9 Å². The molecule has 0 radical (unpaired) electrons. The standard InChI is InChI=1S/C25H28N4O3/c1-15(2)23(30)27-22-14-21(19-9-7-6-8-10-19)28-29(25(22)32)18(5)24(31)26-20-13-16(3)11-12-17(20)4/h6-15,18H,1-5H3,(H,26,31)(H,27,30)/t18-/m1/s1. The molecule has 2 amide bonds. The summed E-state index contributed by atoms with van der Waals surface area (Å²) >= 11 is 0. The van der Waals surface area contributed by atoms with Crippen LogP contribution in [0.25, 0.3) is 11.3 Å². The molecule has 0 aliphatic heterocycles. The minimum Gasteiger partial charge on any atom is -0.324 e. The van der Waals surface area contributed by atoms with Crippen LogP contribution >= 0.6 is 0 Å². The Labute approximate surface area is 187 Å². The molecule has 7 nitrogen and oxygen atoms in total. The van der Waals surface area contributed by atoms with Gasteiger partial charge in [-0.25, -0.2) is 4.68 Å². The molecule has 0 fully saturated rings. The number of benzene rings is 2. The second kappa shape index (κ2) is 9.60. The first-order valence-electron chi connectivity index (χ1n) is 10.6. The van der Waals surface area contributed by atoms with Gasteiger partial charge in [-0.3, -0.25) is 14.4 Å². The number of carbonyl (C=O) groups excluding carboxylic acids is 2. The first-order chi connectivity index (χ1) is 15.2. The van der Waals surface area contributed by atoms with Crippen LogP contribution in [0.3, 0.4) is 0 Å². The van der Waals surface area contributed by atoms with Crippen LogP contribution in [0, 0.1) is 19.8 Å². The molecule has 0 aliphatic carbocycles. The van der Waals surface area contributed by atoms with Crippen LogP contribution in [-0.4, -0.2) is 21.6 Å². The fraction of sp³-hybridized carbons (Fsp3) is 0.280. The molecule has 0 spiro atoms. The van der Waals surface area contributed by atoms with Crippen molar-refractivity contribution in [1.82, 2.24) is 9.78 Å². The molecule has 166 valence electrons. The van der Waals surface area contributed by atoms with Gasteiger partial charge in [-0.05, 0) is 44.0 Å².